The van der Waals surface area contributed by atoms with Gasteiger partial charge in [-0.15, -0.1) is 0 Å². The minimum atomic E-state index is -0.113. The molecule has 1 aromatic carbocycles. The van der Waals surface area contributed by atoms with Crippen molar-refractivity contribution in [3.8, 4) is 0 Å². The van der Waals surface area contributed by atoms with Gasteiger partial charge in [-0.05, 0) is 37.0 Å². The first-order chi connectivity index (χ1) is 8.58. The van der Waals surface area contributed by atoms with E-state index in [1.807, 2.05) is 13.0 Å². The Labute approximate surface area is 108 Å². The Kier molecular flexibility index (Phi) is 5.65. The zero-order valence-electron chi connectivity index (χ0n) is 11.1. The topological polar surface area (TPSA) is 75.3 Å². The maximum Gasteiger partial charge on any atom is 0.251 e. The molecule has 0 aliphatic carbocycles. The van der Waals surface area contributed by atoms with Crippen molar-refractivity contribution < 1.29 is 9.90 Å². The molecule has 4 heteroatoms. The first-order valence-electron chi connectivity index (χ1n) is 6.33. The number of rotatable bonds is 6. The second-order valence-electron chi connectivity index (χ2n) is 4.57. The van der Waals surface area contributed by atoms with Crippen LogP contribution < -0.4 is 11.1 Å². The number of nitrogens with one attached hydrogen (secondary N) is 1. The average Bonchev–Trinajstić information content (AvgIpc) is 2.37. The van der Waals surface area contributed by atoms with Crippen molar-refractivity contribution in [3.63, 3.8) is 0 Å². The molecule has 1 atom stereocenters. The van der Waals surface area contributed by atoms with E-state index in [0.29, 0.717) is 30.1 Å². The summed E-state index contributed by atoms with van der Waals surface area (Å²) in [7, 11) is 0. The highest BCUT2D eigenvalue weighted by atomic mass is 16.3. The van der Waals surface area contributed by atoms with Crippen molar-refractivity contribution in [3.05, 3.63) is 29.3 Å². The number of hydrogen-bond donors (Lipinski definition) is 3. The highest BCUT2D eigenvalue weighted by molar-refractivity contribution is 5.95. The Balaban J connectivity index is 2.57. The van der Waals surface area contributed by atoms with Crippen LogP contribution in [0.1, 0.15) is 35.7 Å². The van der Waals surface area contributed by atoms with Crippen LogP contribution in [0.25, 0.3) is 0 Å². The van der Waals surface area contributed by atoms with E-state index >= 15 is 0 Å². The Morgan fingerprint density at radius 3 is 2.78 bits per heavy atom. The molecule has 1 aromatic rings. The number of hydrogen-bond acceptors (Lipinski definition) is 3. The highest BCUT2D eigenvalue weighted by Crippen LogP contribution is 2.13. The van der Waals surface area contributed by atoms with E-state index < -0.39 is 0 Å². The SMILES string of the molecule is CCC(CCO)CNC(=O)c1ccc(C)c(N)c1. The molecule has 4 N–H and O–H groups in total. The van der Waals surface area contributed by atoms with Gasteiger partial charge in [0.05, 0.1) is 0 Å². The fraction of sp³-hybridized carbons (Fsp3) is 0.500. The third kappa shape index (κ3) is 4.04. The second kappa shape index (κ2) is 7.01. The standard InChI is InChI=1S/C14H22N2O2/c1-3-11(6-7-17)9-16-14(18)12-5-4-10(2)13(15)8-12/h4-5,8,11,17H,3,6-7,9,15H2,1-2H3,(H,16,18). The van der Waals surface area contributed by atoms with E-state index in [1.54, 1.807) is 12.1 Å². The van der Waals surface area contributed by atoms with Gasteiger partial charge in [-0.3, -0.25) is 4.79 Å². The Morgan fingerprint density at radius 1 is 1.50 bits per heavy atom. The first kappa shape index (κ1) is 14.5. The number of benzene rings is 1. The molecule has 0 bridgehead atoms. The third-order valence-electron chi connectivity index (χ3n) is 3.21. The van der Waals surface area contributed by atoms with Crippen LogP contribution in [0.2, 0.25) is 0 Å². The average molecular weight is 250 g/mol. The summed E-state index contributed by atoms with van der Waals surface area (Å²) < 4.78 is 0. The predicted octanol–water partition coefficient (Wildman–Crippen LogP) is 1.72. The molecule has 0 aliphatic rings. The van der Waals surface area contributed by atoms with E-state index in [-0.39, 0.29) is 12.5 Å². The van der Waals surface area contributed by atoms with Gasteiger partial charge in [0.2, 0.25) is 0 Å². The number of carbonyl (C=O) groups excluding carboxylic acids is 1. The molecule has 0 saturated heterocycles. The van der Waals surface area contributed by atoms with Gasteiger partial charge in [-0.1, -0.05) is 19.4 Å². The van der Waals surface area contributed by atoms with Crippen molar-refractivity contribution in [2.24, 2.45) is 5.92 Å². The normalized spacial score (nSPS) is 12.2. The summed E-state index contributed by atoms with van der Waals surface area (Å²) in [5.41, 5.74) is 7.96. The fourth-order valence-electron chi connectivity index (χ4n) is 1.75. The summed E-state index contributed by atoms with van der Waals surface area (Å²) in [6.45, 7) is 4.71. The molecule has 0 saturated carbocycles. The maximum absolute atomic E-state index is 11.9. The summed E-state index contributed by atoms with van der Waals surface area (Å²) in [6.07, 6.45) is 1.66. The van der Waals surface area contributed by atoms with E-state index in [9.17, 15) is 4.79 Å². The molecule has 0 radical (unpaired) electrons. The van der Waals surface area contributed by atoms with E-state index in [2.05, 4.69) is 12.2 Å². The largest absolute Gasteiger partial charge is 0.398 e. The highest BCUT2D eigenvalue weighted by Gasteiger charge is 2.10. The van der Waals surface area contributed by atoms with Gasteiger partial charge in [0.15, 0.2) is 0 Å². The van der Waals surface area contributed by atoms with Crippen LogP contribution in [-0.2, 0) is 0 Å². The van der Waals surface area contributed by atoms with Crippen LogP contribution in [0.15, 0.2) is 18.2 Å². The quantitative estimate of drug-likeness (QED) is 0.673. The fourth-order valence-corrected chi connectivity index (χ4v) is 1.75. The zero-order valence-corrected chi connectivity index (χ0v) is 11.1. The monoisotopic (exact) mass is 250 g/mol. The van der Waals surface area contributed by atoms with Gasteiger partial charge in [0, 0.05) is 24.4 Å². The molecule has 0 heterocycles. The number of amides is 1. The maximum atomic E-state index is 11.9. The van der Waals surface area contributed by atoms with Crippen LogP contribution in [0.3, 0.4) is 0 Å². The molecule has 18 heavy (non-hydrogen) atoms. The van der Waals surface area contributed by atoms with Crippen molar-refractivity contribution in [2.45, 2.75) is 26.7 Å². The van der Waals surface area contributed by atoms with Gasteiger partial charge in [0.25, 0.3) is 5.91 Å². The van der Waals surface area contributed by atoms with Gasteiger partial charge in [0.1, 0.15) is 0 Å². The molecular weight excluding hydrogens is 228 g/mol. The number of aliphatic hydroxyl groups is 1. The van der Waals surface area contributed by atoms with Crippen molar-refractivity contribution in [1.29, 1.82) is 0 Å². The number of nitrogen functional groups attached to an aromatic ring is 1. The smallest absolute Gasteiger partial charge is 0.251 e. The molecule has 4 nitrogen and oxygen atoms in total. The lowest BCUT2D eigenvalue weighted by atomic mass is 10.0. The molecule has 100 valence electrons. The number of nitrogens with two attached hydrogens (primary N) is 1. The zero-order chi connectivity index (χ0) is 13.5. The molecule has 1 unspecified atom stereocenters. The Bertz CT molecular complexity index is 405. The van der Waals surface area contributed by atoms with Gasteiger partial charge >= 0.3 is 0 Å². The summed E-state index contributed by atoms with van der Waals surface area (Å²) in [6, 6.07) is 5.31. The molecule has 1 amide bonds. The second-order valence-corrected chi connectivity index (χ2v) is 4.57. The lowest BCUT2D eigenvalue weighted by Gasteiger charge is -2.14. The van der Waals surface area contributed by atoms with Gasteiger partial charge < -0.3 is 16.2 Å². The lowest BCUT2D eigenvalue weighted by molar-refractivity contribution is 0.0943. The van der Waals surface area contributed by atoms with Gasteiger partial charge in [-0.25, -0.2) is 0 Å². The molecular formula is C14H22N2O2. The molecule has 0 aliphatic heterocycles. The first-order valence-corrected chi connectivity index (χ1v) is 6.33. The summed E-state index contributed by atoms with van der Waals surface area (Å²) in [5.74, 6) is 0.208. The third-order valence-corrected chi connectivity index (χ3v) is 3.21. The van der Waals surface area contributed by atoms with Crippen LogP contribution in [0.5, 0.6) is 0 Å². The summed E-state index contributed by atoms with van der Waals surface area (Å²) >= 11 is 0. The van der Waals surface area contributed by atoms with Crippen LogP contribution in [0, 0.1) is 12.8 Å². The van der Waals surface area contributed by atoms with Crippen LogP contribution >= 0.6 is 0 Å². The van der Waals surface area contributed by atoms with E-state index in [4.69, 9.17) is 10.8 Å². The van der Waals surface area contributed by atoms with E-state index in [0.717, 1.165) is 12.0 Å². The summed E-state index contributed by atoms with van der Waals surface area (Å²) in [4.78, 5) is 11.9. The number of anilines is 1. The Hall–Kier alpha value is -1.55. The Morgan fingerprint density at radius 2 is 2.22 bits per heavy atom. The minimum absolute atomic E-state index is 0.113. The lowest BCUT2D eigenvalue weighted by Crippen LogP contribution is -2.29. The van der Waals surface area contributed by atoms with Gasteiger partial charge in [-0.2, -0.15) is 0 Å². The number of aliphatic hydroxyl groups excluding tert-OH is 1. The molecule has 0 aromatic heterocycles. The molecule has 1 rings (SSSR count). The number of aryl methyl sites for hydroxylation is 1. The van der Waals surface area contributed by atoms with Crippen molar-refractivity contribution in [1.82, 2.24) is 5.32 Å². The predicted molar refractivity (Wildman–Crippen MR) is 73.4 cm³/mol. The van der Waals surface area contributed by atoms with Crippen molar-refractivity contribution in [2.75, 3.05) is 18.9 Å². The summed E-state index contributed by atoms with van der Waals surface area (Å²) in [5, 5.41) is 11.8. The molecule has 0 spiro atoms. The van der Waals surface area contributed by atoms with Crippen LogP contribution in [-0.4, -0.2) is 24.2 Å². The number of carbonyl (C=O) groups is 1. The van der Waals surface area contributed by atoms with Crippen molar-refractivity contribution >= 4 is 11.6 Å². The minimum Gasteiger partial charge on any atom is -0.398 e. The van der Waals surface area contributed by atoms with E-state index in [1.165, 1.54) is 0 Å². The molecule has 0 fully saturated rings. The van der Waals surface area contributed by atoms with Crippen LogP contribution in [0.4, 0.5) is 5.69 Å².